The number of nitrogens with zero attached hydrogens (tertiary/aromatic N) is 1. The van der Waals surface area contributed by atoms with Gasteiger partial charge in [0, 0.05) is 34.8 Å². The van der Waals surface area contributed by atoms with E-state index < -0.39 is 0 Å². The summed E-state index contributed by atoms with van der Waals surface area (Å²) in [6.45, 7) is 0. The summed E-state index contributed by atoms with van der Waals surface area (Å²) in [7, 11) is 0. The topological polar surface area (TPSA) is 103 Å². The van der Waals surface area contributed by atoms with Gasteiger partial charge in [-0.3, -0.25) is 20.4 Å². The molecule has 2 aromatic heterocycles. The molecule has 0 radical (unpaired) electrons. The van der Waals surface area contributed by atoms with Crippen molar-refractivity contribution in [3.8, 4) is 0 Å². The number of H-pyrrole nitrogens is 2. The first-order valence-corrected chi connectivity index (χ1v) is 12.4. The predicted molar refractivity (Wildman–Crippen MR) is 139 cm³/mol. The van der Waals surface area contributed by atoms with Crippen LogP contribution in [0.15, 0.2) is 84.1 Å². The summed E-state index contributed by atoms with van der Waals surface area (Å²) in [5.41, 5.74) is 10.8. The largest absolute Gasteiger partial charge is 0.361 e. The maximum absolute atomic E-state index is 12.4. The number of thioether (sulfide) groups is 1. The number of benzene rings is 3. The van der Waals surface area contributed by atoms with Gasteiger partial charge < -0.3 is 9.97 Å². The zero-order valence-electron chi connectivity index (χ0n) is 19.0. The zero-order valence-corrected chi connectivity index (χ0v) is 19.8. The van der Waals surface area contributed by atoms with Crippen LogP contribution in [0.2, 0.25) is 0 Å². The fraction of sp³-hybridized carbons (Fsp3) is 0.148. The Hall–Kier alpha value is -4.04. The Morgan fingerprint density at radius 1 is 0.886 bits per heavy atom. The van der Waals surface area contributed by atoms with Crippen molar-refractivity contribution in [2.45, 2.75) is 30.2 Å². The van der Waals surface area contributed by atoms with Gasteiger partial charge in [-0.15, -0.1) is 0 Å². The molecule has 3 aromatic carbocycles. The van der Waals surface area contributed by atoms with Crippen molar-refractivity contribution in [2.75, 3.05) is 0 Å². The lowest BCUT2D eigenvalue weighted by Gasteiger charge is -2.08. The van der Waals surface area contributed by atoms with E-state index >= 15 is 0 Å². The first-order valence-electron chi connectivity index (χ1n) is 11.5. The minimum atomic E-state index is -0.341. The Kier molecular flexibility index (Phi) is 6.81. The molecule has 0 fully saturated rings. The Labute approximate surface area is 206 Å². The molecule has 0 aliphatic carbocycles. The summed E-state index contributed by atoms with van der Waals surface area (Å²) in [6, 6.07) is 23.4. The molecule has 2 heterocycles. The summed E-state index contributed by atoms with van der Waals surface area (Å²) in [5, 5.41) is 2.04. The number of imidazole rings is 1. The van der Waals surface area contributed by atoms with Gasteiger partial charge in [-0.25, -0.2) is 4.98 Å². The Morgan fingerprint density at radius 2 is 1.66 bits per heavy atom. The summed E-state index contributed by atoms with van der Waals surface area (Å²) in [5.74, 6) is 0.179. The monoisotopic (exact) mass is 483 g/mol. The van der Waals surface area contributed by atoms with Crippen LogP contribution in [-0.2, 0) is 17.0 Å². The van der Waals surface area contributed by atoms with Gasteiger partial charge in [0.1, 0.15) is 0 Å². The third-order valence-corrected chi connectivity index (χ3v) is 6.74. The van der Waals surface area contributed by atoms with Crippen molar-refractivity contribution < 1.29 is 9.59 Å². The van der Waals surface area contributed by atoms with Gasteiger partial charge in [0.25, 0.3) is 5.91 Å². The molecule has 0 saturated carbocycles. The molecule has 0 bridgehead atoms. The number of aromatic nitrogens is 3. The molecule has 0 unspecified atom stereocenters. The summed E-state index contributed by atoms with van der Waals surface area (Å²) < 4.78 is 0. The number of nitrogens with one attached hydrogen (secondary N) is 4. The maximum atomic E-state index is 12.4. The van der Waals surface area contributed by atoms with Crippen molar-refractivity contribution in [2.24, 2.45) is 0 Å². The minimum absolute atomic E-state index is 0.211. The van der Waals surface area contributed by atoms with Gasteiger partial charge in [0.15, 0.2) is 5.16 Å². The molecule has 0 atom stereocenters. The summed E-state index contributed by atoms with van der Waals surface area (Å²) >= 11 is 1.61. The number of fused-ring (bicyclic) bond motifs is 2. The van der Waals surface area contributed by atoms with Gasteiger partial charge in [-0.2, -0.15) is 0 Å². The van der Waals surface area contributed by atoms with Crippen molar-refractivity contribution in [1.82, 2.24) is 25.8 Å². The standard InChI is InChI=1S/C27H25N5O2S/c33-25(11-5-6-20-16-28-22-8-2-1-7-21(20)22)31-32-26(34)19-14-12-18(13-15-19)17-35-27-29-23-9-3-4-10-24(23)30-27/h1-4,7-10,12-16,28H,5-6,11,17H2,(H,29,30)(H,31,33)(H,32,34). The van der Waals surface area contributed by atoms with Crippen LogP contribution in [0.5, 0.6) is 0 Å². The van der Waals surface area contributed by atoms with E-state index in [1.807, 2.05) is 60.8 Å². The highest BCUT2D eigenvalue weighted by molar-refractivity contribution is 7.98. The van der Waals surface area contributed by atoms with E-state index in [-0.39, 0.29) is 11.8 Å². The second kappa shape index (κ2) is 10.5. The number of hydrazine groups is 1. The van der Waals surface area contributed by atoms with E-state index in [0.717, 1.165) is 39.4 Å². The third kappa shape index (κ3) is 5.55. The van der Waals surface area contributed by atoms with Crippen LogP contribution in [0.4, 0.5) is 0 Å². The molecule has 0 aliphatic heterocycles. The van der Waals surface area contributed by atoms with Crippen LogP contribution in [-0.4, -0.2) is 26.8 Å². The molecule has 7 nitrogen and oxygen atoms in total. The third-order valence-electron chi connectivity index (χ3n) is 5.80. The molecule has 35 heavy (non-hydrogen) atoms. The van der Waals surface area contributed by atoms with Crippen LogP contribution in [0.3, 0.4) is 0 Å². The lowest BCUT2D eigenvalue weighted by molar-refractivity contribution is -0.121. The van der Waals surface area contributed by atoms with Gasteiger partial charge in [0.05, 0.1) is 11.0 Å². The zero-order chi connectivity index (χ0) is 24.0. The average molecular weight is 484 g/mol. The van der Waals surface area contributed by atoms with E-state index in [0.29, 0.717) is 18.4 Å². The molecule has 0 aliphatic rings. The predicted octanol–water partition coefficient (Wildman–Crippen LogP) is 5.12. The van der Waals surface area contributed by atoms with Gasteiger partial charge in [0.2, 0.25) is 5.91 Å². The number of carbonyl (C=O) groups is 2. The van der Waals surface area contributed by atoms with Crippen molar-refractivity contribution >= 4 is 45.5 Å². The van der Waals surface area contributed by atoms with E-state index in [9.17, 15) is 9.59 Å². The number of rotatable bonds is 8. The van der Waals surface area contributed by atoms with Crippen molar-refractivity contribution in [1.29, 1.82) is 0 Å². The highest BCUT2D eigenvalue weighted by Gasteiger charge is 2.09. The second-order valence-electron chi connectivity index (χ2n) is 8.26. The highest BCUT2D eigenvalue weighted by atomic mass is 32.2. The Balaban J connectivity index is 1.05. The van der Waals surface area contributed by atoms with Crippen LogP contribution in [0.1, 0.15) is 34.3 Å². The molecule has 4 N–H and O–H groups in total. The van der Waals surface area contributed by atoms with E-state index in [4.69, 9.17) is 0 Å². The smallest absolute Gasteiger partial charge is 0.269 e. The van der Waals surface area contributed by atoms with Crippen LogP contribution in [0, 0.1) is 0 Å². The number of hydrogen-bond donors (Lipinski definition) is 4. The van der Waals surface area contributed by atoms with Crippen LogP contribution >= 0.6 is 11.8 Å². The van der Waals surface area contributed by atoms with E-state index in [2.05, 4.69) is 31.9 Å². The quantitative estimate of drug-likeness (QED) is 0.182. The fourth-order valence-electron chi connectivity index (χ4n) is 3.94. The molecule has 176 valence electrons. The molecule has 0 saturated heterocycles. The van der Waals surface area contributed by atoms with Crippen molar-refractivity contribution in [3.05, 3.63) is 95.7 Å². The van der Waals surface area contributed by atoms with E-state index in [1.165, 1.54) is 10.9 Å². The Morgan fingerprint density at radius 3 is 2.49 bits per heavy atom. The maximum Gasteiger partial charge on any atom is 0.269 e. The summed E-state index contributed by atoms with van der Waals surface area (Å²) in [4.78, 5) is 35.7. The molecule has 0 spiro atoms. The number of amides is 2. The van der Waals surface area contributed by atoms with Gasteiger partial charge in [-0.05, 0) is 54.3 Å². The summed E-state index contributed by atoms with van der Waals surface area (Å²) in [6.07, 6.45) is 3.81. The number of aryl methyl sites for hydroxylation is 1. The first kappa shape index (κ1) is 22.7. The molecule has 2 amide bonds. The molecule has 8 heteroatoms. The van der Waals surface area contributed by atoms with Crippen molar-refractivity contribution in [3.63, 3.8) is 0 Å². The fourth-order valence-corrected chi connectivity index (χ4v) is 4.78. The first-order chi connectivity index (χ1) is 17.2. The van der Waals surface area contributed by atoms with E-state index in [1.54, 1.807) is 23.9 Å². The second-order valence-corrected chi connectivity index (χ2v) is 9.22. The normalized spacial score (nSPS) is 11.1. The Bertz CT molecular complexity index is 1440. The lowest BCUT2D eigenvalue weighted by Crippen LogP contribution is -2.41. The minimum Gasteiger partial charge on any atom is -0.361 e. The average Bonchev–Trinajstić information content (AvgIpc) is 3.50. The lowest BCUT2D eigenvalue weighted by atomic mass is 10.1. The number of carbonyl (C=O) groups excluding carboxylic acids is 2. The molecule has 5 rings (SSSR count). The molecular formula is C27H25N5O2S. The molecular weight excluding hydrogens is 458 g/mol. The van der Waals surface area contributed by atoms with Crippen LogP contribution in [0.25, 0.3) is 21.9 Å². The van der Waals surface area contributed by atoms with Crippen LogP contribution < -0.4 is 10.9 Å². The van der Waals surface area contributed by atoms with Gasteiger partial charge >= 0.3 is 0 Å². The number of para-hydroxylation sites is 3. The molecule has 5 aromatic rings. The SMILES string of the molecule is O=C(CCCc1c[nH]c2ccccc12)NNC(=O)c1ccc(CSc2nc3ccccc3[nH]2)cc1. The number of aromatic amines is 2. The highest BCUT2D eigenvalue weighted by Crippen LogP contribution is 2.23. The van der Waals surface area contributed by atoms with Gasteiger partial charge in [-0.1, -0.05) is 54.2 Å². The number of hydrogen-bond acceptors (Lipinski definition) is 4.